The SMILES string of the molecule is O=Cc1ccc(OCC(=O)Nc2ccc3c(c2)OCO3)cc1. The van der Waals surface area contributed by atoms with Gasteiger partial charge in [0.2, 0.25) is 6.79 Å². The Balaban J connectivity index is 1.54. The first-order valence-electron chi connectivity index (χ1n) is 6.62. The van der Waals surface area contributed by atoms with Gasteiger partial charge in [-0.15, -0.1) is 0 Å². The van der Waals surface area contributed by atoms with E-state index in [0.717, 1.165) is 6.29 Å². The summed E-state index contributed by atoms with van der Waals surface area (Å²) in [6.07, 6.45) is 0.746. The highest BCUT2D eigenvalue weighted by atomic mass is 16.7. The van der Waals surface area contributed by atoms with Crippen LogP contribution in [0.15, 0.2) is 42.5 Å². The standard InChI is InChI=1S/C16H13NO5/c18-8-11-1-4-13(5-2-11)20-9-16(19)17-12-3-6-14-15(7-12)22-10-21-14/h1-8H,9-10H2,(H,17,19). The first-order valence-corrected chi connectivity index (χ1v) is 6.62. The predicted molar refractivity (Wildman–Crippen MR) is 78.5 cm³/mol. The molecule has 0 saturated carbocycles. The molecule has 2 aromatic carbocycles. The number of fused-ring (bicyclic) bond motifs is 1. The second-order valence-corrected chi connectivity index (χ2v) is 4.59. The molecular formula is C16H13NO5. The minimum Gasteiger partial charge on any atom is -0.484 e. The lowest BCUT2D eigenvalue weighted by atomic mass is 10.2. The second-order valence-electron chi connectivity index (χ2n) is 4.59. The third-order valence-electron chi connectivity index (χ3n) is 3.04. The zero-order valence-corrected chi connectivity index (χ0v) is 11.6. The van der Waals surface area contributed by atoms with Gasteiger partial charge in [-0.2, -0.15) is 0 Å². The maximum absolute atomic E-state index is 11.8. The van der Waals surface area contributed by atoms with Gasteiger partial charge in [0, 0.05) is 17.3 Å². The monoisotopic (exact) mass is 299 g/mol. The first-order chi connectivity index (χ1) is 10.7. The number of carbonyl (C=O) groups excluding carboxylic acids is 2. The van der Waals surface area contributed by atoms with Crippen LogP contribution in [0.25, 0.3) is 0 Å². The summed E-state index contributed by atoms with van der Waals surface area (Å²) < 4.78 is 15.8. The van der Waals surface area contributed by atoms with Gasteiger partial charge >= 0.3 is 0 Å². The Kier molecular flexibility index (Phi) is 3.91. The molecule has 1 heterocycles. The third kappa shape index (κ3) is 3.17. The van der Waals surface area contributed by atoms with E-state index >= 15 is 0 Å². The van der Waals surface area contributed by atoms with Gasteiger partial charge in [-0.1, -0.05) is 0 Å². The molecule has 1 aliphatic rings. The third-order valence-corrected chi connectivity index (χ3v) is 3.04. The second kappa shape index (κ2) is 6.17. The Bertz CT molecular complexity index is 696. The number of aldehydes is 1. The summed E-state index contributed by atoms with van der Waals surface area (Å²) in [5, 5.41) is 2.71. The Morgan fingerprint density at radius 1 is 1.14 bits per heavy atom. The number of hydrogen-bond acceptors (Lipinski definition) is 5. The molecule has 112 valence electrons. The number of carbonyl (C=O) groups is 2. The molecule has 0 aliphatic carbocycles. The normalized spacial score (nSPS) is 11.8. The van der Waals surface area contributed by atoms with Crippen molar-refractivity contribution in [1.29, 1.82) is 0 Å². The summed E-state index contributed by atoms with van der Waals surface area (Å²) >= 11 is 0. The topological polar surface area (TPSA) is 73.9 Å². The summed E-state index contributed by atoms with van der Waals surface area (Å²) in [7, 11) is 0. The fourth-order valence-corrected chi connectivity index (χ4v) is 1.96. The van der Waals surface area contributed by atoms with E-state index in [1.807, 2.05) is 0 Å². The van der Waals surface area contributed by atoms with E-state index in [4.69, 9.17) is 14.2 Å². The molecular weight excluding hydrogens is 286 g/mol. The van der Waals surface area contributed by atoms with Gasteiger partial charge < -0.3 is 19.5 Å². The molecule has 1 N–H and O–H groups in total. The lowest BCUT2D eigenvalue weighted by molar-refractivity contribution is -0.118. The number of hydrogen-bond donors (Lipinski definition) is 1. The molecule has 6 heteroatoms. The van der Waals surface area contributed by atoms with Crippen LogP contribution in [0.5, 0.6) is 17.2 Å². The van der Waals surface area contributed by atoms with E-state index < -0.39 is 0 Å². The molecule has 2 aromatic rings. The smallest absolute Gasteiger partial charge is 0.262 e. The number of anilines is 1. The fourth-order valence-electron chi connectivity index (χ4n) is 1.96. The van der Waals surface area contributed by atoms with Crippen LogP contribution in [-0.2, 0) is 4.79 Å². The average Bonchev–Trinajstić information content (AvgIpc) is 3.01. The largest absolute Gasteiger partial charge is 0.484 e. The molecule has 0 radical (unpaired) electrons. The predicted octanol–water partition coefficient (Wildman–Crippen LogP) is 2.25. The van der Waals surface area contributed by atoms with Gasteiger partial charge in [0.15, 0.2) is 18.1 Å². The number of rotatable bonds is 5. The lowest BCUT2D eigenvalue weighted by Crippen LogP contribution is -2.20. The molecule has 0 spiro atoms. The molecule has 0 saturated heterocycles. The van der Waals surface area contributed by atoms with Crippen molar-refractivity contribution in [2.45, 2.75) is 0 Å². The minimum atomic E-state index is -0.293. The Morgan fingerprint density at radius 3 is 2.68 bits per heavy atom. The van der Waals surface area contributed by atoms with Crippen LogP contribution in [0.3, 0.4) is 0 Å². The number of amides is 1. The highest BCUT2D eigenvalue weighted by Gasteiger charge is 2.14. The summed E-state index contributed by atoms with van der Waals surface area (Å²) in [5.41, 5.74) is 1.16. The molecule has 6 nitrogen and oxygen atoms in total. The van der Waals surface area contributed by atoms with Crippen LogP contribution in [0, 0.1) is 0 Å². The van der Waals surface area contributed by atoms with Gasteiger partial charge in [0.1, 0.15) is 12.0 Å². The molecule has 1 amide bonds. The molecule has 1 aliphatic heterocycles. The molecule has 0 atom stereocenters. The van der Waals surface area contributed by atoms with Crippen molar-refractivity contribution in [3.63, 3.8) is 0 Å². The maximum atomic E-state index is 11.8. The Morgan fingerprint density at radius 2 is 1.91 bits per heavy atom. The van der Waals surface area contributed by atoms with Gasteiger partial charge in [0.05, 0.1) is 0 Å². The van der Waals surface area contributed by atoms with E-state index in [0.29, 0.717) is 28.5 Å². The molecule has 3 rings (SSSR count). The van der Waals surface area contributed by atoms with Crippen LogP contribution in [0.1, 0.15) is 10.4 Å². The first kappa shape index (κ1) is 13.9. The van der Waals surface area contributed by atoms with Crippen molar-refractivity contribution < 1.29 is 23.8 Å². The van der Waals surface area contributed by atoms with E-state index in [1.165, 1.54) is 0 Å². The number of ether oxygens (including phenoxy) is 3. The van der Waals surface area contributed by atoms with Crippen LogP contribution in [-0.4, -0.2) is 25.6 Å². The van der Waals surface area contributed by atoms with Crippen molar-refractivity contribution >= 4 is 17.9 Å². The van der Waals surface area contributed by atoms with Crippen LogP contribution in [0.4, 0.5) is 5.69 Å². The maximum Gasteiger partial charge on any atom is 0.262 e. The van der Waals surface area contributed by atoms with Crippen LogP contribution < -0.4 is 19.5 Å². The molecule has 0 aromatic heterocycles. The van der Waals surface area contributed by atoms with E-state index in [2.05, 4.69) is 5.32 Å². The zero-order valence-electron chi connectivity index (χ0n) is 11.6. The quantitative estimate of drug-likeness (QED) is 0.857. The van der Waals surface area contributed by atoms with Crippen LogP contribution in [0.2, 0.25) is 0 Å². The lowest BCUT2D eigenvalue weighted by Gasteiger charge is -2.08. The van der Waals surface area contributed by atoms with E-state index in [9.17, 15) is 9.59 Å². The Hall–Kier alpha value is -3.02. The highest BCUT2D eigenvalue weighted by molar-refractivity contribution is 5.92. The van der Waals surface area contributed by atoms with E-state index in [-0.39, 0.29) is 19.3 Å². The van der Waals surface area contributed by atoms with Crippen molar-refractivity contribution in [1.82, 2.24) is 0 Å². The zero-order chi connectivity index (χ0) is 15.4. The Labute approximate surface area is 126 Å². The van der Waals surface area contributed by atoms with Crippen molar-refractivity contribution in [2.24, 2.45) is 0 Å². The summed E-state index contributed by atoms with van der Waals surface area (Å²) in [6.45, 7) is 0.0570. The van der Waals surface area contributed by atoms with Crippen molar-refractivity contribution in [3.05, 3.63) is 48.0 Å². The number of benzene rings is 2. The number of nitrogens with one attached hydrogen (secondary N) is 1. The van der Waals surface area contributed by atoms with E-state index in [1.54, 1.807) is 42.5 Å². The summed E-state index contributed by atoms with van der Waals surface area (Å²) in [6, 6.07) is 11.7. The van der Waals surface area contributed by atoms with Gasteiger partial charge in [-0.3, -0.25) is 9.59 Å². The minimum absolute atomic E-state index is 0.130. The van der Waals surface area contributed by atoms with Gasteiger partial charge in [0.25, 0.3) is 5.91 Å². The summed E-state index contributed by atoms with van der Waals surface area (Å²) in [5.74, 6) is 1.48. The van der Waals surface area contributed by atoms with Crippen molar-refractivity contribution in [3.8, 4) is 17.2 Å². The van der Waals surface area contributed by atoms with Crippen molar-refractivity contribution in [2.75, 3.05) is 18.7 Å². The fraction of sp³-hybridized carbons (Fsp3) is 0.125. The highest BCUT2D eigenvalue weighted by Crippen LogP contribution is 2.34. The van der Waals surface area contributed by atoms with Crippen LogP contribution >= 0.6 is 0 Å². The molecule has 0 fully saturated rings. The molecule has 0 bridgehead atoms. The van der Waals surface area contributed by atoms with Gasteiger partial charge in [-0.25, -0.2) is 0 Å². The summed E-state index contributed by atoms with van der Waals surface area (Å²) in [4.78, 5) is 22.4. The van der Waals surface area contributed by atoms with Gasteiger partial charge in [-0.05, 0) is 36.4 Å². The molecule has 22 heavy (non-hydrogen) atoms. The average molecular weight is 299 g/mol. The molecule has 0 unspecified atom stereocenters.